The van der Waals surface area contributed by atoms with Gasteiger partial charge < -0.3 is 14.6 Å². The molecule has 1 aliphatic rings. The topological polar surface area (TPSA) is 112 Å². The second-order valence-electron chi connectivity index (χ2n) is 6.71. The predicted molar refractivity (Wildman–Crippen MR) is 110 cm³/mol. The van der Waals surface area contributed by atoms with Gasteiger partial charge in [-0.3, -0.25) is 20.4 Å². The Kier molecular flexibility index (Phi) is 5.72. The fraction of sp³-hybridized carbons (Fsp3) is 0.368. The number of thiazole rings is 1. The van der Waals surface area contributed by atoms with Gasteiger partial charge in [0, 0.05) is 25.9 Å². The first-order valence-electron chi connectivity index (χ1n) is 9.43. The Hall–Kier alpha value is -2.98. The highest BCUT2D eigenvalue weighted by Gasteiger charge is 2.20. The second kappa shape index (κ2) is 8.58. The van der Waals surface area contributed by atoms with Crippen molar-refractivity contribution in [2.45, 2.75) is 19.8 Å². The van der Waals surface area contributed by atoms with Crippen LogP contribution in [-0.2, 0) is 16.0 Å². The molecule has 0 unspecified atom stereocenters. The standard InChI is InChI=1S/C19H22N6O3S/c1-12-17(29-19(20-12)25-8-10-28-11-9-25)18(27)24-23-16(26)7-6-15-21-13-4-2-3-5-14(13)22-15/h2-5H,6-11H2,1H3,(H,21,22)(H,23,26)(H,24,27). The van der Waals surface area contributed by atoms with Crippen LogP contribution in [0.15, 0.2) is 24.3 Å². The Morgan fingerprint density at radius 2 is 2.00 bits per heavy atom. The monoisotopic (exact) mass is 414 g/mol. The Morgan fingerprint density at radius 1 is 1.21 bits per heavy atom. The second-order valence-corrected chi connectivity index (χ2v) is 7.69. The number of carbonyl (C=O) groups is 2. The predicted octanol–water partition coefficient (Wildman–Crippen LogP) is 1.56. The summed E-state index contributed by atoms with van der Waals surface area (Å²) in [5, 5.41) is 0.798. The maximum atomic E-state index is 12.4. The van der Waals surface area contributed by atoms with E-state index in [1.165, 1.54) is 11.3 Å². The Balaban J connectivity index is 1.28. The summed E-state index contributed by atoms with van der Waals surface area (Å²) in [4.78, 5) is 39.2. The van der Waals surface area contributed by atoms with Crippen molar-refractivity contribution in [2.75, 3.05) is 31.2 Å². The summed E-state index contributed by atoms with van der Waals surface area (Å²) in [6, 6.07) is 7.70. The molecule has 0 bridgehead atoms. The van der Waals surface area contributed by atoms with Crippen LogP contribution in [0.1, 0.15) is 27.6 Å². The van der Waals surface area contributed by atoms with Gasteiger partial charge >= 0.3 is 0 Å². The molecule has 2 amide bonds. The lowest BCUT2D eigenvalue weighted by Gasteiger charge is -2.25. The zero-order valence-electron chi connectivity index (χ0n) is 16.0. The molecule has 0 atom stereocenters. The number of carbonyl (C=O) groups excluding carboxylic acids is 2. The number of hydrazine groups is 1. The van der Waals surface area contributed by atoms with Gasteiger partial charge in [-0.25, -0.2) is 9.97 Å². The molecule has 9 nitrogen and oxygen atoms in total. The van der Waals surface area contributed by atoms with E-state index in [0.29, 0.717) is 30.2 Å². The van der Waals surface area contributed by atoms with Crippen LogP contribution in [0.4, 0.5) is 5.13 Å². The molecule has 10 heteroatoms. The number of aromatic nitrogens is 3. The van der Waals surface area contributed by atoms with Crippen LogP contribution in [-0.4, -0.2) is 53.1 Å². The van der Waals surface area contributed by atoms with Crippen LogP contribution in [0.25, 0.3) is 11.0 Å². The zero-order chi connectivity index (χ0) is 20.2. The zero-order valence-corrected chi connectivity index (χ0v) is 16.8. The summed E-state index contributed by atoms with van der Waals surface area (Å²) < 4.78 is 5.34. The maximum absolute atomic E-state index is 12.4. The quantitative estimate of drug-likeness (QED) is 0.546. The van der Waals surface area contributed by atoms with Gasteiger partial charge in [-0.2, -0.15) is 0 Å². The number of rotatable bonds is 5. The van der Waals surface area contributed by atoms with Crippen molar-refractivity contribution in [3.05, 3.63) is 40.7 Å². The number of nitrogens with one attached hydrogen (secondary N) is 3. The van der Waals surface area contributed by atoms with Crippen LogP contribution in [0, 0.1) is 6.92 Å². The summed E-state index contributed by atoms with van der Waals surface area (Å²) in [6.07, 6.45) is 0.665. The third-order valence-electron chi connectivity index (χ3n) is 4.62. The molecule has 3 heterocycles. The van der Waals surface area contributed by atoms with Gasteiger partial charge in [0.15, 0.2) is 5.13 Å². The van der Waals surface area contributed by atoms with Crippen LogP contribution in [0.3, 0.4) is 0 Å². The molecular weight excluding hydrogens is 392 g/mol. The Bertz CT molecular complexity index is 991. The molecule has 152 valence electrons. The third kappa shape index (κ3) is 4.54. The highest BCUT2D eigenvalue weighted by Crippen LogP contribution is 2.26. The lowest BCUT2D eigenvalue weighted by molar-refractivity contribution is -0.121. The van der Waals surface area contributed by atoms with E-state index in [1.807, 2.05) is 24.3 Å². The number of benzene rings is 1. The van der Waals surface area contributed by atoms with E-state index in [-0.39, 0.29) is 18.2 Å². The number of imidazole rings is 1. The average molecular weight is 414 g/mol. The number of para-hydroxylation sites is 2. The van der Waals surface area contributed by atoms with E-state index in [2.05, 4.69) is 30.7 Å². The number of aromatic amines is 1. The number of nitrogens with zero attached hydrogens (tertiary/aromatic N) is 3. The lowest BCUT2D eigenvalue weighted by Crippen LogP contribution is -2.41. The largest absolute Gasteiger partial charge is 0.378 e. The Labute approximate surface area is 171 Å². The molecule has 0 saturated carbocycles. The molecular formula is C19H22N6O3S. The lowest BCUT2D eigenvalue weighted by atomic mass is 10.3. The number of morpholine rings is 1. The van der Waals surface area contributed by atoms with Crippen molar-refractivity contribution in [1.82, 2.24) is 25.8 Å². The summed E-state index contributed by atoms with van der Waals surface area (Å²) in [6.45, 7) is 4.61. The highest BCUT2D eigenvalue weighted by molar-refractivity contribution is 7.17. The first-order valence-corrected chi connectivity index (χ1v) is 10.2. The van der Waals surface area contributed by atoms with Gasteiger partial charge in [-0.15, -0.1) is 0 Å². The molecule has 0 radical (unpaired) electrons. The molecule has 1 saturated heterocycles. The summed E-state index contributed by atoms with van der Waals surface area (Å²) >= 11 is 1.32. The van der Waals surface area contributed by atoms with E-state index < -0.39 is 0 Å². The fourth-order valence-electron chi connectivity index (χ4n) is 3.08. The molecule has 4 rings (SSSR count). The number of fused-ring (bicyclic) bond motifs is 1. The van der Waals surface area contributed by atoms with Gasteiger partial charge in [-0.05, 0) is 19.1 Å². The first kappa shape index (κ1) is 19.3. The van der Waals surface area contributed by atoms with E-state index in [1.54, 1.807) is 6.92 Å². The number of anilines is 1. The molecule has 2 aromatic heterocycles. The minimum absolute atomic E-state index is 0.209. The molecule has 1 aromatic carbocycles. The van der Waals surface area contributed by atoms with E-state index >= 15 is 0 Å². The smallest absolute Gasteiger partial charge is 0.281 e. The fourth-order valence-corrected chi connectivity index (χ4v) is 4.10. The van der Waals surface area contributed by atoms with Crippen LogP contribution < -0.4 is 15.8 Å². The number of amides is 2. The van der Waals surface area contributed by atoms with Crippen molar-refractivity contribution in [1.29, 1.82) is 0 Å². The number of hydrogen-bond donors (Lipinski definition) is 3. The molecule has 29 heavy (non-hydrogen) atoms. The summed E-state index contributed by atoms with van der Waals surface area (Å²) in [7, 11) is 0. The van der Waals surface area contributed by atoms with E-state index in [4.69, 9.17) is 4.74 Å². The van der Waals surface area contributed by atoms with Crippen LogP contribution in [0.2, 0.25) is 0 Å². The van der Waals surface area contributed by atoms with Gasteiger partial charge in [-0.1, -0.05) is 23.5 Å². The normalized spacial score (nSPS) is 14.2. The number of H-pyrrole nitrogens is 1. The van der Waals surface area contributed by atoms with Gasteiger partial charge in [0.2, 0.25) is 5.91 Å². The van der Waals surface area contributed by atoms with Crippen LogP contribution >= 0.6 is 11.3 Å². The maximum Gasteiger partial charge on any atom is 0.281 e. The molecule has 3 N–H and O–H groups in total. The van der Waals surface area contributed by atoms with Gasteiger partial charge in [0.05, 0.1) is 29.9 Å². The SMILES string of the molecule is Cc1nc(N2CCOCC2)sc1C(=O)NNC(=O)CCc1nc2ccccc2[nH]1. The van der Waals surface area contributed by atoms with Crippen LogP contribution in [0.5, 0.6) is 0 Å². The molecule has 0 spiro atoms. The number of ether oxygens (including phenoxy) is 1. The van der Waals surface area contributed by atoms with Crippen molar-refractivity contribution >= 4 is 39.3 Å². The minimum Gasteiger partial charge on any atom is -0.378 e. The van der Waals surface area contributed by atoms with Crippen molar-refractivity contribution in [3.63, 3.8) is 0 Å². The summed E-state index contributed by atoms with van der Waals surface area (Å²) in [5.74, 6) is 0.0899. The average Bonchev–Trinajstić information content (AvgIpc) is 3.34. The van der Waals surface area contributed by atoms with Crippen molar-refractivity contribution in [2.24, 2.45) is 0 Å². The first-order chi connectivity index (χ1) is 14.1. The Morgan fingerprint density at radius 3 is 2.79 bits per heavy atom. The van der Waals surface area contributed by atoms with Gasteiger partial charge in [0.25, 0.3) is 5.91 Å². The molecule has 1 aliphatic heterocycles. The van der Waals surface area contributed by atoms with Crippen molar-refractivity contribution in [3.8, 4) is 0 Å². The molecule has 3 aromatic rings. The molecule has 1 fully saturated rings. The van der Waals surface area contributed by atoms with Crippen molar-refractivity contribution < 1.29 is 14.3 Å². The third-order valence-corrected chi connectivity index (χ3v) is 5.83. The van der Waals surface area contributed by atoms with Gasteiger partial charge in [0.1, 0.15) is 10.7 Å². The highest BCUT2D eigenvalue weighted by atomic mass is 32.1. The summed E-state index contributed by atoms with van der Waals surface area (Å²) in [5.41, 5.74) is 7.39. The number of hydrogen-bond acceptors (Lipinski definition) is 7. The number of aryl methyl sites for hydroxylation is 2. The minimum atomic E-state index is -0.364. The van der Waals surface area contributed by atoms with E-state index in [0.717, 1.165) is 35.1 Å². The molecule has 0 aliphatic carbocycles. The van der Waals surface area contributed by atoms with E-state index in [9.17, 15) is 9.59 Å².